The predicted octanol–water partition coefficient (Wildman–Crippen LogP) is 8.04. The maximum atomic E-state index is 15.4. The Bertz CT molecular complexity index is 2470. The minimum absolute atomic E-state index is 0.0422. The van der Waals surface area contributed by atoms with Crippen molar-refractivity contribution in [2.24, 2.45) is 0 Å². The molecule has 0 bridgehead atoms. The number of rotatable bonds is 18. The van der Waals surface area contributed by atoms with Crippen LogP contribution >= 0.6 is 7.60 Å². The van der Waals surface area contributed by atoms with Crippen LogP contribution in [0.25, 0.3) is 10.9 Å². The Morgan fingerprint density at radius 3 is 1.92 bits per heavy atom. The number of aliphatic hydroxyl groups is 2. The van der Waals surface area contributed by atoms with Gasteiger partial charge in [-0.15, -0.1) is 0 Å². The van der Waals surface area contributed by atoms with Crippen molar-refractivity contribution in [2.45, 2.75) is 95.6 Å². The van der Waals surface area contributed by atoms with Crippen LogP contribution in [-0.4, -0.2) is 85.6 Å². The van der Waals surface area contributed by atoms with E-state index in [1.54, 1.807) is 59.2 Å². The number of para-hydroxylation sites is 1. The molecule has 1 aromatic heterocycles. The van der Waals surface area contributed by atoms with Gasteiger partial charge in [0.15, 0.2) is 18.4 Å². The average Bonchev–Trinajstić information content (AvgIpc) is 3.63. The molecule has 0 radical (unpaired) electrons. The average molecular weight is 876 g/mol. The lowest BCUT2D eigenvalue weighted by atomic mass is 9.91. The maximum Gasteiger partial charge on any atom is 0.416 e. The number of nitrogen functional groups attached to an aromatic ring is 1. The fraction of sp³-hybridized carbons (Fsp3) is 0.333. The molecule has 6 aromatic rings. The van der Waals surface area contributed by atoms with E-state index in [1.807, 2.05) is 97.9 Å². The van der Waals surface area contributed by atoms with Gasteiger partial charge in [0, 0.05) is 18.5 Å². The number of aromatic nitrogens is 2. The smallest absolute Gasteiger partial charge is 0.416 e. The first kappa shape index (κ1) is 43.9. The number of carbonyl (C=O) groups is 1. The van der Waals surface area contributed by atoms with E-state index < -0.39 is 50.6 Å². The quantitative estimate of drug-likeness (QED) is 0.0614. The number of fused-ring (bicyclic) bond motifs is 1. The Morgan fingerprint density at radius 1 is 0.762 bits per heavy atom. The van der Waals surface area contributed by atoms with Crippen LogP contribution in [0.4, 0.5) is 10.6 Å². The van der Waals surface area contributed by atoms with Crippen LogP contribution in [0.2, 0.25) is 0 Å². The number of aliphatic hydroxyl groups excluding tert-OH is 2. The normalized spacial score (nSPS) is 22.8. The van der Waals surface area contributed by atoms with Gasteiger partial charge in [0.1, 0.15) is 29.8 Å². The summed E-state index contributed by atoms with van der Waals surface area (Å²) in [6, 6.07) is 38.7. The van der Waals surface area contributed by atoms with Crippen molar-refractivity contribution in [3.63, 3.8) is 0 Å². The van der Waals surface area contributed by atoms with E-state index in [4.69, 9.17) is 29.0 Å². The van der Waals surface area contributed by atoms with Gasteiger partial charge in [0.25, 0.3) is 0 Å². The van der Waals surface area contributed by atoms with Gasteiger partial charge in [-0.2, -0.15) is 5.10 Å². The number of amides is 2. The second-order valence-corrected chi connectivity index (χ2v) is 18.0. The van der Waals surface area contributed by atoms with E-state index in [0.29, 0.717) is 29.3 Å². The zero-order valence-corrected chi connectivity index (χ0v) is 36.2. The van der Waals surface area contributed by atoms with Gasteiger partial charge in [0.2, 0.25) is 6.35 Å². The van der Waals surface area contributed by atoms with Gasteiger partial charge in [-0.05, 0) is 84.8 Å². The first-order valence-corrected chi connectivity index (χ1v) is 23.1. The number of H-pyrrole nitrogens is 1. The minimum atomic E-state index is -3.98. The maximum absolute atomic E-state index is 15.4. The predicted molar refractivity (Wildman–Crippen MR) is 239 cm³/mol. The molecule has 63 heavy (non-hydrogen) atoms. The molecule has 5 N–H and O–H groups in total. The zero-order chi connectivity index (χ0) is 43.9. The lowest BCUT2D eigenvalue weighted by molar-refractivity contribution is -0.402. The molecule has 15 heteroatoms. The molecule has 2 aliphatic rings. The van der Waals surface area contributed by atoms with Gasteiger partial charge < -0.3 is 44.5 Å². The summed E-state index contributed by atoms with van der Waals surface area (Å²) >= 11 is 0. The summed E-state index contributed by atoms with van der Waals surface area (Å²) in [7, 11) is -3.98. The zero-order valence-electron chi connectivity index (χ0n) is 35.3. The number of carbonyl (C=O) groups excluding carboxylic acids is 1. The van der Waals surface area contributed by atoms with Gasteiger partial charge in [-0.25, -0.2) is 9.36 Å². The topological polar surface area (TPSA) is 182 Å². The summed E-state index contributed by atoms with van der Waals surface area (Å²) in [5.74, 6) is 1.04. The fourth-order valence-electron chi connectivity index (χ4n) is 8.20. The highest BCUT2D eigenvalue weighted by atomic mass is 31.2. The summed E-state index contributed by atoms with van der Waals surface area (Å²) in [5.41, 5.74) is 10.2. The number of urea groups is 1. The summed E-state index contributed by atoms with van der Waals surface area (Å²) in [5, 5.41) is 32.3. The Hall–Kier alpha value is -5.73. The summed E-state index contributed by atoms with van der Waals surface area (Å²) in [4.78, 5) is 18.6. The number of hydrogen-bond acceptors (Lipinski definition) is 11. The van der Waals surface area contributed by atoms with Crippen LogP contribution in [0, 0.1) is 0 Å². The van der Waals surface area contributed by atoms with Gasteiger partial charge in [-0.3, -0.25) is 9.62 Å². The van der Waals surface area contributed by atoms with Crippen LogP contribution in [-0.2, 0) is 44.5 Å². The van der Waals surface area contributed by atoms with E-state index in [9.17, 15) is 14.8 Å². The number of nitrogens with two attached hydrogens (primary N) is 1. The molecule has 2 saturated heterocycles. The Morgan fingerprint density at radius 2 is 1.32 bits per heavy atom. The highest BCUT2D eigenvalue weighted by Crippen LogP contribution is 2.50. The Balaban J connectivity index is 1.09. The molecule has 8 rings (SSSR count). The lowest BCUT2D eigenvalue weighted by Crippen LogP contribution is -2.50. The van der Waals surface area contributed by atoms with E-state index in [-0.39, 0.29) is 31.8 Å². The van der Waals surface area contributed by atoms with Crippen LogP contribution in [0.3, 0.4) is 0 Å². The number of aromatic amines is 1. The molecule has 0 spiro atoms. The van der Waals surface area contributed by atoms with E-state index in [2.05, 4.69) is 10.2 Å². The summed E-state index contributed by atoms with van der Waals surface area (Å²) < 4.78 is 44.2. The molecule has 1 unspecified atom stereocenters. The second-order valence-electron chi connectivity index (χ2n) is 16.1. The van der Waals surface area contributed by atoms with Crippen molar-refractivity contribution in [2.75, 3.05) is 12.1 Å². The fourth-order valence-corrected chi connectivity index (χ4v) is 9.71. The van der Waals surface area contributed by atoms with E-state index in [1.165, 1.54) is 0 Å². The van der Waals surface area contributed by atoms with Crippen molar-refractivity contribution in [3.8, 4) is 11.5 Å². The van der Waals surface area contributed by atoms with Crippen molar-refractivity contribution < 1.29 is 42.8 Å². The second kappa shape index (κ2) is 19.8. The molecule has 2 aliphatic heterocycles. The third-order valence-corrected chi connectivity index (χ3v) is 13.0. The van der Waals surface area contributed by atoms with Crippen molar-refractivity contribution >= 4 is 30.3 Å². The standard InChI is InChI=1S/C48H54N5O9P/c1-3-14-43-59-47(60-43)32(2)61-63(57,62-37-20-11-6-12-21-37)31-58-38-22-13-19-35(25-38)29-52-41(27-33-15-7-4-8-16-33)44(54)45(55)42(28-34-17-9-5-10-18-34)53(48(52)56)30-36-23-24-40-39(26-36)46(49)51-50-40/h4-13,15-26,32,41-45,47,54-55H,3,14,27-31H2,1-2H3,(H3,49,50,51)/t32-,41+,42+,43?,44-,45-,47?,63?/m0/s1. The van der Waals surface area contributed by atoms with Crippen LogP contribution in [0.5, 0.6) is 11.5 Å². The summed E-state index contributed by atoms with van der Waals surface area (Å²) in [6.45, 7) is 3.91. The minimum Gasteiger partial charge on any atom is -0.480 e. The van der Waals surface area contributed by atoms with Crippen molar-refractivity contribution in [1.29, 1.82) is 0 Å². The number of hydrogen-bond donors (Lipinski definition) is 4. The van der Waals surface area contributed by atoms with Crippen LogP contribution in [0.15, 0.2) is 133 Å². The first-order chi connectivity index (χ1) is 30.6. The molecule has 3 heterocycles. The van der Waals surface area contributed by atoms with Crippen molar-refractivity contribution in [3.05, 3.63) is 156 Å². The molecule has 2 amide bonds. The van der Waals surface area contributed by atoms with Gasteiger partial charge in [-0.1, -0.05) is 110 Å². The van der Waals surface area contributed by atoms with Crippen molar-refractivity contribution in [1.82, 2.24) is 20.0 Å². The summed E-state index contributed by atoms with van der Waals surface area (Å²) in [6.07, 6.45) is -2.67. The van der Waals surface area contributed by atoms with Gasteiger partial charge >= 0.3 is 13.6 Å². The highest BCUT2D eigenvalue weighted by molar-refractivity contribution is 7.54. The first-order valence-electron chi connectivity index (χ1n) is 21.3. The highest BCUT2D eigenvalue weighted by Gasteiger charge is 2.46. The molecule has 0 aliphatic carbocycles. The van der Waals surface area contributed by atoms with Crippen LogP contribution in [0.1, 0.15) is 48.9 Å². The number of anilines is 1. The molecule has 5 aromatic carbocycles. The molecule has 14 nitrogen and oxygen atoms in total. The largest absolute Gasteiger partial charge is 0.480 e. The molecule has 6 atom stereocenters. The Kier molecular flexibility index (Phi) is 13.8. The number of nitrogens with zero attached hydrogens (tertiary/aromatic N) is 3. The molecule has 0 saturated carbocycles. The van der Waals surface area contributed by atoms with Gasteiger partial charge in [0.05, 0.1) is 17.6 Å². The molecule has 330 valence electrons. The number of nitrogens with one attached hydrogen (secondary N) is 1. The monoisotopic (exact) mass is 875 g/mol. The number of benzene rings is 5. The number of ether oxygens (including phenoxy) is 3. The molecular formula is C48H54N5O9P. The lowest BCUT2D eigenvalue weighted by Gasteiger charge is -2.39. The van der Waals surface area contributed by atoms with E-state index in [0.717, 1.165) is 40.4 Å². The SMILES string of the molecule is CCCC1OC([C@H](C)OP(=O)(COc2cccc(CN3C(=O)N(Cc4ccc5[nH]nc(N)c5c4)[C@H](Cc4ccccc4)[C@H](O)[C@@H](O)[C@H]3Cc3ccccc3)c2)Oc2ccccc2)O1. The van der Waals surface area contributed by atoms with Crippen LogP contribution < -0.4 is 15.0 Å². The van der Waals surface area contributed by atoms with E-state index >= 15 is 4.79 Å². The molecule has 2 fully saturated rings. The Labute approximate surface area is 367 Å². The third-order valence-electron chi connectivity index (χ3n) is 11.5. The third kappa shape index (κ3) is 10.6. The molecular weight excluding hydrogens is 822 g/mol.